The molecule has 27 heavy (non-hydrogen) atoms. The number of carbonyl (C=O) groups excluding carboxylic acids is 1. The van der Waals surface area contributed by atoms with Gasteiger partial charge in [0.15, 0.2) is 0 Å². The van der Waals surface area contributed by atoms with E-state index in [0.717, 1.165) is 44.2 Å². The lowest BCUT2D eigenvalue weighted by molar-refractivity contribution is -0.118. The van der Waals surface area contributed by atoms with E-state index in [9.17, 15) is 4.79 Å². The van der Waals surface area contributed by atoms with Gasteiger partial charge in [0.2, 0.25) is 5.91 Å². The van der Waals surface area contributed by atoms with Crippen molar-refractivity contribution in [1.82, 2.24) is 10.2 Å². The van der Waals surface area contributed by atoms with Crippen LogP contribution in [0.5, 0.6) is 0 Å². The maximum absolute atomic E-state index is 12.1. The number of nitrogens with one attached hydrogen (secondary N) is 1. The van der Waals surface area contributed by atoms with E-state index in [0.29, 0.717) is 12.3 Å². The number of hydrogen-bond donors (Lipinski definition) is 1. The van der Waals surface area contributed by atoms with Crippen molar-refractivity contribution in [2.45, 2.75) is 25.8 Å². The Morgan fingerprint density at radius 2 is 1.89 bits per heavy atom. The number of amides is 1. The first-order valence-corrected chi connectivity index (χ1v) is 10.6. The monoisotopic (exact) mass is 384 g/mol. The molecule has 1 amide bonds. The zero-order valence-corrected chi connectivity index (χ0v) is 16.8. The van der Waals surface area contributed by atoms with Crippen molar-refractivity contribution in [3.05, 3.63) is 70.8 Å². The van der Waals surface area contributed by atoms with Gasteiger partial charge in [0.1, 0.15) is 0 Å². The number of carbonyl (C=O) groups is 1. The Morgan fingerprint density at radius 1 is 1.11 bits per heavy atom. The summed E-state index contributed by atoms with van der Waals surface area (Å²) in [6, 6.07) is 16.8. The lowest BCUT2D eigenvalue weighted by atomic mass is 10.1. The molecule has 2 aromatic rings. The molecule has 0 radical (unpaired) electrons. The van der Waals surface area contributed by atoms with E-state index in [2.05, 4.69) is 53.5 Å². The Morgan fingerprint density at radius 3 is 2.70 bits per heavy atom. The normalized spacial score (nSPS) is 14.9. The smallest absolute Gasteiger partial charge is 0.230 e. The summed E-state index contributed by atoms with van der Waals surface area (Å²) in [7, 11) is 0. The molecule has 1 fully saturated rings. The highest BCUT2D eigenvalue weighted by Gasteiger charge is 2.11. The van der Waals surface area contributed by atoms with Crippen molar-refractivity contribution in [3.63, 3.8) is 0 Å². The van der Waals surface area contributed by atoms with Gasteiger partial charge >= 0.3 is 0 Å². The molecule has 1 saturated heterocycles. The number of rotatable bonds is 8. The molecule has 0 atom stereocenters. The number of hydrogen-bond acceptors (Lipinski definition) is 4. The van der Waals surface area contributed by atoms with E-state index < -0.39 is 0 Å². The van der Waals surface area contributed by atoms with Crippen molar-refractivity contribution in [2.24, 2.45) is 0 Å². The number of thioether (sulfide) groups is 1. The fourth-order valence-electron chi connectivity index (χ4n) is 3.13. The quantitative estimate of drug-likeness (QED) is 0.758. The number of ether oxygens (including phenoxy) is 1. The first kappa shape index (κ1) is 19.9. The minimum atomic E-state index is 0.0900. The van der Waals surface area contributed by atoms with E-state index in [1.165, 1.54) is 16.7 Å². The topological polar surface area (TPSA) is 41.6 Å². The summed E-state index contributed by atoms with van der Waals surface area (Å²) in [4.78, 5) is 14.5. The minimum absolute atomic E-state index is 0.0900. The molecule has 144 valence electrons. The Labute approximate surface area is 166 Å². The number of morpholine rings is 1. The Hall–Kier alpha value is -1.82. The van der Waals surface area contributed by atoms with Crippen LogP contribution in [-0.4, -0.2) is 42.9 Å². The zero-order chi connectivity index (χ0) is 18.9. The van der Waals surface area contributed by atoms with Crippen molar-refractivity contribution in [3.8, 4) is 0 Å². The molecular weight excluding hydrogens is 356 g/mol. The molecule has 4 nitrogen and oxygen atoms in total. The van der Waals surface area contributed by atoms with E-state index in [1.54, 1.807) is 11.8 Å². The van der Waals surface area contributed by atoms with Crippen LogP contribution in [0.3, 0.4) is 0 Å². The SMILES string of the molecule is Cc1ccccc1CSCC(=O)NCc1cccc(CN2CCOCC2)c1. The third-order valence-electron chi connectivity index (χ3n) is 4.74. The van der Waals surface area contributed by atoms with Crippen molar-refractivity contribution < 1.29 is 9.53 Å². The summed E-state index contributed by atoms with van der Waals surface area (Å²) in [6.07, 6.45) is 0. The van der Waals surface area contributed by atoms with E-state index in [4.69, 9.17) is 4.74 Å². The van der Waals surface area contributed by atoms with Gasteiger partial charge in [-0.25, -0.2) is 0 Å². The molecule has 0 aliphatic carbocycles. The molecule has 1 aliphatic rings. The van der Waals surface area contributed by atoms with Crippen LogP contribution in [0.1, 0.15) is 22.3 Å². The molecule has 5 heteroatoms. The lowest BCUT2D eigenvalue weighted by Gasteiger charge is -2.26. The van der Waals surface area contributed by atoms with Crippen molar-refractivity contribution in [2.75, 3.05) is 32.1 Å². The Kier molecular flexibility index (Phi) is 7.75. The predicted molar refractivity (Wildman–Crippen MR) is 112 cm³/mol. The zero-order valence-electron chi connectivity index (χ0n) is 15.9. The summed E-state index contributed by atoms with van der Waals surface area (Å²) < 4.78 is 5.40. The van der Waals surface area contributed by atoms with Gasteiger partial charge in [0, 0.05) is 31.9 Å². The number of aryl methyl sites for hydroxylation is 1. The summed E-state index contributed by atoms with van der Waals surface area (Å²) in [5, 5.41) is 3.04. The van der Waals surface area contributed by atoms with Crippen molar-refractivity contribution in [1.29, 1.82) is 0 Å². The third-order valence-corrected chi connectivity index (χ3v) is 5.72. The molecule has 0 unspecified atom stereocenters. The molecule has 1 aliphatic heterocycles. The molecule has 3 rings (SSSR count). The highest BCUT2D eigenvalue weighted by atomic mass is 32.2. The molecule has 0 bridgehead atoms. The van der Waals surface area contributed by atoms with Gasteiger partial charge in [-0.1, -0.05) is 48.5 Å². The predicted octanol–water partition coefficient (Wildman–Crippen LogP) is 3.38. The van der Waals surface area contributed by atoms with Gasteiger partial charge in [-0.2, -0.15) is 0 Å². The second kappa shape index (κ2) is 10.5. The lowest BCUT2D eigenvalue weighted by Crippen LogP contribution is -2.35. The van der Waals surface area contributed by atoms with Crippen LogP contribution in [0.15, 0.2) is 48.5 Å². The van der Waals surface area contributed by atoms with Crippen LogP contribution in [-0.2, 0) is 28.4 Å². The first-order chi connectivity index (χ1) is 13.2. The minimum Gasteiger partial charge on any atom is -0.379 e. The van der Waals surface area contributed by atoms with Crippen LogP contribution in [0, 0.1) is 6.92 Å². The maximum Gasteiger partial charge on any atom is 0.230 e. The van der Waals surface area contributed by atoms with Crippen molar-refractivity contribution >= 4 is 17.7 Å². The molecule has 1 heterocycles. The Balaban J connectivity index is 1.40. The second-order valence-corrected chi connectivity index (χ2v) is 7.89. The maximum atomic E-state index is 12.1. The number of nitrogens with zero attached hydrogens (tertiary/aromatic N) is 1. The van der Waals surface area contributed by atoms with Crippen LogP contribution < -0.4 is 5.32 Å². The fraction of sp³-hybridized carbons (Fsp3) is 0.409. The Bertz CT molecular complexity index is 745. The largest absolute Gasteiger partial charge is 0.379 e. The molecular formula is C22H28N2O2S. The van der Waals surface area contributed by atoms with Gasteiger partial charge in [-0.05, 0) is 29.2 Å². The van der Waals surface area contributed by atoms with Gasteiger partial charge in [-0.15, -0.1) is 11.8 Å². The van der Waals surface area contributed by atoms with Gasteiger partial charge in [-0.3, -0.25) is 9.69 Å². The first-order valence-electron chi connectivity index (χ1n) is 9.47. The average molecular weight is 385 g/mol. The number of benzene rings is 2. The van der Waals surface area contributed by atoms with Crippen LogP contribution in [0.4, 0.5) is 0 Å². The summed E-state index contributed by atoms with van der Waals surface area (Å²) >= 11 is 1.66. The molecule has 2 aromatic carbocycles. The van der Waals surface area contributed by atoms with Crippen LogP contribution >= 0.6 is 11.8 Å². The van der Waals surface area contributed by atoms with E-state index in [1.807, 2.05) is 12.1 Å². The van der Waals surface area contributed by atoms with E-state index in [-0.39, 0.29) is 5.91 Å². The summed E-state index contributed by atoms with van der Waals surface area (Å²) in [5.74, 6) is 1.45. The molecule has 0 spiro atoms. The second-order valence-electron chi connectivity index (χ2n) is 6.90. The van der Waals surface area contributed by atoms with Gasteiger partial charge in [0.05, 0.1) is 19.0 Å². The van der Waals surface area contributed by atoms with Crippen LogP contribution in [0.2, 0.25) is 0 Å². The van der Waals surface area contributed by atoms with Crippen LogP contribution in [0.25, 0.3) is 0 Å². The highest BCUT2D eigenvalue weighted by Crippen LogP contribution is 2.15. The standard InChI is InChI=1S/C22H28N2O2S/c1-18-5-2-3-8-21(18)16-27-17-22(25)23-14-19-6-4-7-20(13-19)15-24-9-11-26-12-10-24/h2-8,13H,9-12,14-17H2,1H3,(H,23,25). The summed E-state index contributed by atoms with van der Waals surface area (Å²) in [5.41, 5.74) is 5.02. The highest BCUT2D eigenvalue weighted by molar-refractivity contribution is 7.99. The molecule has 0 saturated carbocycles. The summed E-state index contributed by atoms with van der Waals surface area (Å²) in [6.45, 7) is 7.24. The average Bonchev–Trinajstić information content (AvgIpc) is 2.69. The third kappa shape index (κ3) is 6.69. The van der Waals surface area contributed by atoms with Gasteiger partial charge in [0.25, 0.3) is 0 Å². The van der Waals surface area contributed by atoms with Gasteiger partial charge < -0.3 is 10.1 Å². The fourth-order valence-corrected chi connectivity index (χ4v) is 4.07. The molecule has 1 N–H and O–H groups in total. The molecule has 0 aromatic heterocycles. The van der Waals surface area contributed by atoms with E-state index >= 15 is 0 Å².